The number of anilines is 1. The second-order valence-corrected chi connectivity index (χ2v) is 9.13. The summed E-state index contributed by atoms with van der Waals surface area (Å²) in [6.07, 6.45) is 0.997. The normalized spacial score (nSPS) is 13.2. The average Bonchev–Trinajstić information content (AvgIpc) is 3.21. The molecule has 0 bridgehead atoms. The molecule has 6 nitrogen and oxygen atoms in total. The predicted molar refractivity (Wildman–Crippen MR) is 127 cm³/mol. The lowest BCUT2D eigenvalue weighted by atomic mass is 9.97. The third-order valence-electron chi connectivity index (χ3n) is 5.71. The van der Waals surface area contributed by atoms with Crippen molar-refractivity contribution in [2.75, 3.05) is 25.2 Å². The molecule has 0 spiro atoms. The summed E-state index contributed by atoms with van der Waals surface area (Å²) < 4.78 is 15.4. The first-order valence-electron chi connectivity index (χ1n) is 10.8. The molecule has 1 aromatic heterocycles. The number of rotatable bonds is 9. The maximum atomic E-state index is 13.5. The summed E-state index contributed by atoms with van der Waals surface area (Å²) in [5, 5.41) is 12.4. The molecule has 0 fully saturated rings. The van der Waals surface area contributed by atoms with Gasteiger partial charge >= 0.3 is 0 Å². The molecule has 2 aromatic carbocycles. The van der Waals surface area contributed by atoms with E-state index in [2.05, 4.69) is 42.4 Å². The van der Waals surface area contributed by atoms with Gasteiger partial charge < -0.3 is 10.2 Å². The summed E-state index contributed by atoms with van der Waals surface area (Å²) >= 11 is 1.32. The zero-order valence-electron chi connectivity index (χ0n) is 19.2. The molecule has 0 radical (unpaired) electrons. The molecule has 0 saturated carbocycles. The first-order valence-corrected chi connectivity index (χ1v) is 11.8. The largest absolute Gasteiger partial charge is 0.331 e. The molecular weight excluding hydrogens is 425 g/mol. The van der Waals surface area contributed by atoms with Gasteiger partial charge in [0.1, 0.15) is 11.9 Å². The zero-order chi connectivity index (χ0) is 23.3. The molecule has 2 N–H and O–H groups in total. The van der Waals surface area contributed by atoms with Gasteiger partial charge in [-0.3, -0.25) is 9.36 Å². The second kappa shape index (κ2) is 10.7. The van der Waals surface area contributed by atoms with Crippen molar-refractivity contribution in [1.82, 2.24) is 14.8 Å². The summed E-state index contributed by atoms with van der Waals surface area (Å²) in [4.78, 5) is 13.9. The van der Waals surface area contributed by atoms with Gasteiger partial charge in [0, 0.05) is 11.4 Å². The Morgan fingerprint density at radius 1 is 1.12 bits per heavy atom. The van der Waals surface area contributed by atoms with Gasteiger partial charge in [-0.05, 0) is 55.2 Å². The van der Waals surface area contributed by atoms with E-state index in [0.29, 0.717) is 11.1 Å². The number of hydrogen-bond donors (Lipinski definition) is 2. The first kappa shape index (κ1) is 23.9. The van der Waals surface area contributed by atoms with Crippen LogP contribution in [0.4, 0.5) is 10.1 Å². The van der Waals surface area contributed by atoms with Gasteiger partial charge in [0.25, 0.3) is 0 Å². The molecule has 1 amide bonds. The fourth-order valence-electron chi connectivity index (χ4n) is 3.32. The number of carbonyl (C=O) groups excluding carboxylic acids is 1. The Labute approximate surface area is 193 Å². The molecule has 8 heteroatoms. The van der Waals surface area contributed by atoms with E-state index in [0.717, 1.165) is 29.2 Å². The van der Waals surface area contributed by atoms with Crippen molar-refractivity contribution in [3.8, 4) is 5.69 Å². The minimum Gasteiger partial charge on any atom is -0.331 e. The second-order valence-electron chi connectivity index (χ2n) is 8.19. The number of hydrogen-bond acceptors (Lipinski definition) is 4. The first-order chi connectivity index (χ1) is 15.3. The van der Waals surface area contributed by atoms with E-state index in [1.54, 1.807) is 12.1 Å². The minimum absolute atomic E-state index is 0.0677. The van der Waals surface area contributed by atoms with E-state index in [1.807, 2.05) is 36.9 Å². The number of aromatic nitrogens is 3. The maximum Gasteiger partial charge on any atom is 0.234 e. The number of nitrogens with one attached hydrogen (secondary N) is 2. The predicted octanol–water partition coefficient (Wildman–Crippen LogP) is 3.86. The molecule has 0 aliphatic carbocycles. The molecule has 0 unspecified atom stereocenters. The lowest BCUT2D eigenvalue weighted by molar-refractivity contribution is -0.890. The molecule has 0 aliphatic heterocycles. The van der Waals surface area contributed by atoms with Crippen LogP contribution in [0.1, 0.15) is 50.5 Å². The SMILES string of the molecule is CC[C@@H](C)c1ccccc1NC(=O)CSc1nnc([C@H](C)[NH+](C)C)n1-c1ccc(F)cc1. The standard InChI is InChI=1S/C24H30FN5OS/c1-6-16(2)20-9-7-8-10-21(20)26-22(31)15-32-24-28-27-23(17(3)29(4)5)30(24)19-13-11-18(25)12-14-19/h7-14,16-17H,6,15H2,1-5H3,(H,26,31)/p+1/t16-,17+/m1/s1. The van der Waals surface area contributed by atoms with Crippen molar-refractivity contribution < 1.29 is 14.1 Å². The summed E-state index contributed by atoms with van der Waals surface area (Å²) in [6, 6.07) is 14.2. The molecule has 1 heterocycles. The monoisotopic (exact) mass is 456 g/mol. The van der Waals surface area contributed by atoms with Crippen LogP contribution in [0.25, 0.3) is 5.69 Å². The van der Waals surface area contributed by atoms with E-state index in [9.17, 15) is 9.18 Å². The van der Waals surface area contributed by atoms with Crippen molar-refractivity contribution in [1.29, 1.82) is 0 Å². The fourth-order valence-corrected chi connectivity index (χ4v) is 4.08. The number of benzene rings is 2. The number of amides is 1. The number of halogens is 1. The van der Waals surface area contributed by atoms with E-state index in [4.69, 9.17) is 0 Å². The average molecular weight is 457 g/mol. The number of quaternary nitrogens is 1. The number of nitrogens with zero attached hydrogens (tertiary/aromatic N) is 3. The van der Waals surface area contributed by atoms with Gasteiger partial charge in [0.2, 0.25) is 5.91 Å². The van der Waals surface area contributed by atoms with E-state index in [1.165, 1.54) is 28.8 Å². The van der Waals surface area contributed by atoms with Crippen LogP contribution in [0.15, 0.2) is 53.7 Å². The summed E-state index contributed by atoms with van der Waals surface area (Å²) in [5.41, 5.74) is 2.75. The zero-order valence-corrected chi connectivity index (χ0v) is 20.0. The fraction of sp³-hybridized carbons (Fsp3) is 0.375. The molecule has 3 rings (SSSR count). The number of thioether (sulfide) groups is 1. The van der Waals surface area contributed by atoms with Crippen molar-refractivity contribution in [2.45, 2.75) is 44.3 Å². The summed E-state index contributed by atoms with van der Waals surface area (Å²) in [6.45, 7) is 6.35. The lowest BCUT2D eigenvalue weighted by Crippen LogP contribution is -3.05. The van der Waals surface area contributed by atoms with E-state index >= 15 is 0 Å². The van der Waals surface area contributed by atoms with Crippen LogP contribution < -0.4 is 10.2 Å². The van der Waals surface area contributed by atoms with Crippen molar-refractivity contribution in [3.05, 3.63) is 65.7 Å². The Morgan fingerprint density at radius 2 is 1.81 bits per heavy atom. The van der Waals surface area contributed by atoms with Crippen molar-refractivity contribution in [3.63, 3.8) is 0 Å². The van der Waals surface area contributed by atoms with Crippen molar-refractivity contribution >= 4 is 23.4 Å². The quantitative estimate of drug-likeness (QED) is 0.480. The van der Waals surface area contributed by atoms with Gasteiger partial charge in [0.05, 0.1) is 19.8 Å². The van der Waals surface area contributed by atoms with Gasteiger partial charge in [0.15, 0.2) is 11.0 Å². The van der Waals surface area contributed by atoms with E-state index < -0.39 is 0 Å². The number of para-hydroxylation sites is 1. The Kier molecular flexibility index (Phi) is 8.04. The van der Waals surface area contributed by atoms with Crippen LogP contribution in [0, 0.1) is 5.82 Å². The van der Waals surface area contributed by atoms with Crippen LogP contribution in [-0.2, 0) is 4.79 Å². The Bertz CT molecular complexity index is 1050. The molecule has 0 aliphatic rings. The van der Waals surface area contributed by atoms with Crippen LogP contribution in [0.5, 0.6) is 0 Å². The van der Waals surface area contributed by atoms with Crippen LogP contribution >= 0.6 is 11.8 Å². The highest BCUT2D eigenvalue weighted by molar-refractivity contribution is 7.99. The smallest absolute Gasteiger partial charge is 0.234 e. The highest BCUT2D eigenvalue weighted by Crippen LogP contribution is 2.28. The third kappa shape index (κ3) is 5.55. The highest BCUT2D eigenvalue weighted by Gasteiger charge is 2.24. The maximum absolute atomic E-state index is 13.5. The van der Waals surface area contributed by atoms with Gasteiger partial charge in [-0.1, -0.05) is 43.8 Å². The Hall–Kier alpha value is -2.71. The Morgan fingerprint density at radius 3 is 2.47 bits per heavy atom. The van der Waals surface area contributed by atoms with E-state index in [-0.39, 0.29) is 23.5 Å². The van der Waals surface area contributed by atoms with Gasteiger partial charge in [-0.2, -0.15) is 0 Å². The molecule has 32 heavy (non-hydrogen) atoms. The molecule has 2 atom stereocenters. The Balaban J connectivity index is 1.81. The molecule has 170 valence electrons. The topological polar surface area (TPSA) is 64.2 Å². The highest BCUT2D eigenvalue weighted by atomic mass is 32.2. The lowest BCUT2D eigenvalue weighted by Gasteiger charge is -2.18. The van der Waals surface area contributed by atoms with Crippen LogP contribution in [0.2, 0.25) is 0 Å². The summed E-state index contributed by atoms with van der Waals surface area (Å²) in [7, 11) is 4.09. The number of carbonyl (C=O) groups is 1. The van der Waals surface area contributed by atoms with Gasteiger partial charge in [-0.25, -0.2) is 4.39 Å². The van der Waals surface area contributed by atoms with Crippen LogP contribution in [-0.4, -0.2) is 40.5 Å². The minimum atomic E-state index is -0.303. The van der Waals surface area contributed by atoms with Crippen molar-refractivity contribution in [2.24, 2.45) is 0 Å². The van der Waals surface area contributed by atoms with Gasteiger partial charge in [-0.15, -0.1) is 10.2 Å². The molecular formula is C24H31FN5OS+. The third-order valence-corrected chi connectivity index (χ3v) is 6.64. The molecule has 0 saturated heterocycles. The summed E-state index contributed by atoms with van der Waals surface area (Å²) in [5.74, 6) is 0.910. The van der Waals surface area contributed by atoms with Crippen LogP contribution in [0.3, 0.4) is 0 Å². The molecule has 3 aromatic rings.